The lowest BCUT2D eigenvalue weighted by molar-refractivity contribution is 0.166. The van der Waals surface area contributed by atoms with Crippen LogP contribution in [0, 0.1) is 5.92 Å². The maximum Gasteiger partial charge on any atom is 0.0449 e. The lowest BCUT2D eigenvalue weighted by Gasteiger charge is -2.34. The highest BCUT2D eigenvalue weighted by Gasteiger charge is 2.21. The van der Waals surface area contributed by atoms with Gasteiger partial charge in [-0.1, -0.05) is 50.6 Å². The van der Waals surface area contributed by atoms with Crippen LogP contribution < -0.4 is 5.32 Å². The van der Waals surface area contributed by atoms with Gasteiger partial charge in [-0.05, 0) is 50.4 Å². The van der Waals surface area contributed by atoms with Crippen molar-refractivity contribution < 1.29 is 0 Å². The molecule has 0 saturated carbocycles. The molecule has 1 unspecified atom stereocenters. The van der Waals surface area contributed by atoms with Crippen molar-refractivity contribution in [3.63, 3.8) is 0 Å². The van der Waals surface area contributed by atoms with E-state index in [1.54, 1.807) is 0 Å². The zero-order chi connectivity index (χ0) is 14.2. The molecule has 1 fully saturated rings. The largest absolute Gasteiger partial charge is 0.309 e. The molecule has 20 heavy (non-hydrogen) atoms. The summed E-state index contributed by atoms with van der Waals surface area (Å²) in [6, 6.07) is 11.4. The zero-order valence-electron chi connectivity index (χ0n) is 13.1. The highest BCUT2D eigenvalue weighted by Crippen LogP contribution is 2.22. The molecule has 0 bridgehead atoms. The molecule has 112 valence electrons. The van der Waals surface area contributed by atoms with E-state index in [2.05, 4.69) is 54.4 Å². The van der Waals surface area contributed by atoms with Gasteiger partial charge in [0.15, 0.2) is 0 Å². The van der Waals surface area contributed by atoms with Crippen molar-refractivity contribution in [3.8, 4) is 0 Å². The predicted molar refractivity (Wildman–Crippen MR) is 86.9 cm³/mol. The molecule has 1 N–H and O–H groups in total. The molecule has 2 nitrogen and oxygen atoms in total. The van der Waals surface area contributed by atoms with Gasteiger partial charge >= 0.3 is 0 Å². The summed E-state index contributed by atoms with van der Waals surface area (Å²) in [5, 5.41) is 3.72. The fourth-order valence-electron chi connectivity index (χ4n) is 3.13. The highest BCUT2D eigenvalue weighted by molar-refractivity contribution is 5.19. The lowest BCUT2D eigenvalue weighted by Crippen LogP contribution is -2.40. The normalized spacial score (nSPS) is 19.1. The summed E-state index contributed by atoms with van der Waals surface area (Å²) in [5.74, 6) is 0.963. The average molecular weight is 274 g/mol. The van der Waals surface area contributed by atoms with Gasteiger partial charge in [-0.15, -0.1) is 0 Å². The molecule has 1 aromatic carbocycles. The predicted octanol–water partition coefficient (Wildman–Crippen LogP) is 3.85. The van der Waals surface area contributed by atoms with E-state index >= 15 is 0 Å². The molecule has 1 heterocycles. The first kappa shape index (κ1) is 15.5. The number of benzene rings is 1. The lowest BCUT2D eigenvalue weighted by atomic mass is 9.94. The number of rotatable bonds is 7. The van der Waals surface area contributed by atoms with Crippen molar-refractivity contribution in [2.75, 3.05) is 26.2 Å². The Balaban J connectivity index is 1.91. The molecular weight excluding hydrogens is 244 g/mol. The standard InChI is InChI=1S/C18H30N2/c1-3-12-19-18(17-8-6-5-7-9-17)15-20-13-10-16(4-2)11-14-20/h5-9,16,18-19H,3-4,10-15H2,1-2H3. The number of hydrogen-bond donors (Lipinski definition) is 1. The van der Waals surface area contributed by atoms with Crippen LogP contribution in [0.15, 0.2) is 30.3 Å². The van der Waals surface area contributed by atoms with Crippen molar-refractivity contribution >= 4 is 0 Å². The van der Waals surface area contributed by atoms with E-state index < -0.39 is 0 Å². The van der Waals surface area contributed by atoms with Crippen LogP contribution in [0.25, 0.3) is 0 Å². The first-order valence-corrected chi connectivity index (χ1v) is 8.34. The third-order valence-electron chi connectivity index (χ3n) is 4.57. The molecule has 1 aliphatic heterocycles. The molecule has 0 aromatic heterocycles. The van der Waals surface area contributed by atoms with Crippen LogP contribution in [0.3, 0.4) is 0 Å². The Morgan fingerprint density at radius 2 is 1.85 bits per heavy atom. The fraction of sp³-hybridized carbons (Fsp3) is 0.667. The molecular formula is C18H30N2. The maximum absolute atomic E-state index is 3.72. The minimum absolute atomic E-state index is 0.481. The molecule has 0 radical (unpaired) electrons. The van der Waals surface area contributed by atoms with E-state index in [0.29, 0.717) is 6.04 Å². The summed E-state index contributed by atoms with van der Waals surface area (Å²) in [6.07, 6.45) is 5.31. The quantitative estimate of drug-likeness (QED) is 0.812. The smallest absolute Gasteiger partial charge is 0.0449 e. The summed E-state index contributed by atoms with van der Waals surface area (Å²) in [5.41, 5.74) is 1.43. The topological polar surface area (TPSA) is 15.3 Å². The Bertz CT molecular complexity index is 355. The zero-order valence-corrected chi connectivity index (χ0v) is 13.1. The van der Waals surface area contributed by atoms with E-state index in [9.17, 15) is 0 Å². The van der Waals surface area contributed by atoms with Gasteiger partial charge in [-0.3, -0.25) is 0 Å². The fourth-order valence-corrected chi connectivity index (χ4v) is 3.13. The number of likely N-dealkylation sites (tertiary alicyclic amines) is 1. The van der Waals surface area contributed by atoms with Crippen molar-refractivity contribution in [2.45, 2.75) is 45.6 Å². The number of piperidine rings is 1. The Morgan fingerprint density at radius 1 is 1.15 bits per heavy atom. The van der Waals surface area contributed by atoms with Crippen LogP contribution in [0.2, 0.25) is 0 Å². The van der Waals surface area contributed by atoms with Gasteiger partial charge in [0, 0.05) is 12.6 Å². The summed E-state index contributed by atoms with van der Waals surface area (Å²) in [7, 11) is 0. The van der Waals surface area contributed by atoms with Crippen LogP contribution in [0.5, 0.6) is 0 Å². The molecule has 0 spiro atoms. The van der Waals surface area contributed by atoms with Crippen LogP contribution >= 0.6 is 0 Å². The van der Waals surface area contributed by atoms with Crippen LogP contribution in [-0.4, -0.2) is 31.1 Å². The second-order valence-electron chi connectivity index (χ2n) is 6.07. The van der Waals surface area contributed by atoms with E-state index in [1.807, 2.05) is 0 Å². The van der Waals surface area contributed by atoms with E-state index in [-0.39, 0.29) is 0 Å². The first-order chi connectivity index (χ1) is 9.83. The Labute approximate surface area is 124 Å². The summed E-state index contributed by atoms with van der Waals surface area (Å²) in [4.78, 5) is 2.65. The molecule has 1 aromatic rings. The van der Waals surface area contributed by atoms with Crippen molar-refractivity contribution in [3.05, 3.63) is 35.9 Å². The third-order valence-corrected chi connectivity index (χ3v) is 4.57. The van der Waals surface area contributed by atoms with Crippen molar-refractivity contribution in [1.82, 2.24) is 10.2 Å². The Morgan fingerprint density at radius 3 is 2.45 bits per heavy atom. The van der Waals surface area contributed by atoms with Gasteiger partial charge in [-0.2, -0.15) is 0 Å². The monoisotopic (exact) mass is 274 g/mol. The SMILES string of the molecule is CCCNC(CN1CCC(CC)CC1)c1ccccc1. The third kappa shape index (κ3) is 4.60. The highest BCUT2D eigenvalue weighted by atomic mass is 15.2. The van der Waals surface area contributed by atoms with E-state index in [0.717, 1.165) is 19.0 Å². The molecule has 1 aliphatic rings. The molecule has 1 atom stereocenters. The molecule has 1 saturated heterocycles. The number of hydrogen-bond acceptors (Lipinski definition) is 2. The van der Waals surface area contributed by atoms with Crippen LogP contribution in [-0.2, 0) is 0 Å². The molecule has 2 rings (SSSR count). The number of nitrogens with one attached hydrogen (secondary N) is 1. The van der Waals surface area contributed by atoms with Crippen LogP contribution in [0.4, 0.5) is 0 Å². The summed E-state index contributed by atoms with van der Waals surface area (Å²) in [6.45, 7) is 9.37. The minimum atomic E-state index is 0.481. The van der Waals surface area contributed by atoms with E-state index in [1.165, 1.54) is 44.3 Å². The average Bonchev–Trinajstić information content (AvgIpc) is 2.53. The summed E-state index contributed by atoms with van der Waals surface area (Å²) < 4.78 is 0. The molecule has 2 heteroatoms. The maximum atomic E-state index is 3.72. The summed E-state index contributed by atoms with van der Waals surface area (Å²) >= 11 is 0. The Kier molecular flexibility index (Phi) is 6.55. The van der Waals surface area contributed by atoms with Gasteiger partial charge in [0.2, 0.25) is 0 Å². The molecule has 0 amide bonds. The molecule has 0 aliphatic carbocycles. The van der Waals surface area contributed by atoms with Gasteiger partial charge in [0.05, 0.1) is 0 Å². The van der Waals surface area contributed by atoms with Gasteiger partial charge in [-0.25, -0.2) is 0 Å². The van der Waals surface area contributed by atoms with Gasteiger partial charge < -0.3 is 10.2 Å². The minimum Gasteiger partial charge on any atom is -0.309 e. The van der Waals surface area contributed by atoms with Crippen LogP contribution in [0.1, 0.15) is 51.1 Å². The van der Waals surface area contributed by atoms with Gasteiger partial charge in [0.25, 0.3) is 0 Å². The second-order valence-corrected chi connectivity index (χ2v) is 6.07. The number of nitrogens with zero attached hydrogens (tertiary/aromatic N) is 1. The second kappa shape index (κ2) is 8.43. The van der Waals surface area contributed by atoms with Crippen molar-refractivity contribution in [1.29, 1.82) is 0 Å². The first-order valence-electron chi connectivity index (χ1n) is 8.34. The van der Waals surface area contributed by atoms with Crippen molar-refractivity contribution in [2.24, 2.45) is 5.92 Å². The van der Waals surface area contributed by atoms with Gasteiger partial charge in [0.1, 0.15) is 0 Å². The van der Waals surface area contributed by atoms with E-state index in [4.69, 9.17) is 0 Å². The Hall–Kier alpha value is -0.860.